The van der Waals surface area contributed by atoms with E-state index in [9.17, 15) is 4.79 Å². The van der Waals surface area contributed by atoms with Gasteiger partial charge in [0.15, 0.2) is 5.78 Å². The van der Waals surface area contributed by atoms with Crippen molar-refractivity contribution < 1.29 is 14.3 Å². The van der Waals surface area contributed by atoms with E-state index in [0.717, 1.165) is 59.3 Å². The molecule has 0 aliphatic carbocycles. The standard InChI is InChI=1S/C39H56O3/c1-4-6-8-10-11-12-13-14-15-16-18-29-41-36-27-28-37-35(30-36)21-19-22-38(37)42-31-33-23-25-34(26-24-33)39(40)32(3)20-17-9-7-5-2/h19,21-28,30,32H,4-18,20,29,31H2,1-3H3/t32-/m1/s1. The Morgan fingerprint density at radius 3 is 1.95 bits per heavy atom. The van der Waals surface area contributed by atoms with Gasteiger partial charge < -0.3 is 9.47 Å². The van der Waals surface area contributed by atoms with Crippen molar-refractivity contribution in [2.24, 2.45) is 5.92 Å². The van der Waals surface area contributed by atoms with Gasteiger partial charge in [-0.25, -0.2) is 0 Å². The van der Waals surface area contributed by atoms with Crippen molar-refractivity contribution in [2.75, 3.05) is 6.61 Å². The monoisotopic (exact) mass is 572 g/mol. The van der Waals surface area contributed by atoms with Crippen LogP contribution >= 0.6 is 0 Å². The maximum atomic E-state index is 12.8. The van der Waals surface area contributed by atoms with E-state index in [4.69, 9.17) is 9.47 Å². The molecule has 0 unspecified atom stereocenters. The molecule has 42 heavy (non-hydrogen) atoms. The summed E-state index contributed by atoms with van der Waals surface area (Å²) in [4.78, 5) is 12.8. The van der Waals surface area contributed by atoms with Gasteiger partial charge in [-0.15, -0.1) is 0 Å². The Balaban J connectivity index is 1.38. The molecule has 0 aliphatic heterocycles. The van der Waals surface area contributed by atoms with Crippen molar-refractivity contribution in [2.45, 2.75) is 130 Å². The van der Waals surface area contributed by atoms with Crippen LogP contribution in [0.4, 0.5) is 0 Å². The first kappa shape index (κ1) is 33.7. The number of ether oxygens (including phenoxy) is 2. The molecular formula is C39H56O3. The number of carbonyl (C=O) groups is 1. The lowest BCUT2D eigenvalue weighted by Gasteiger charge is -2.13. The molecule has 0 fully saturated rings. The van der Waals surface area contributed by atoms with E-state index in [2.05, 4.69) is 45.0 Å². The minimum absolute atomic E-state index is 0.0771. The Morgan fingerprint density at radius 1 is 0.667 bits per heavy atom. The molecule has 3 heteroatoms. The summed E-state index contributed by atoms with van der Waals surface area (Å²) in [5.41, 5.74) is 1.86. The van der Waals surface area contributed by atoms with Crippen molar-refractivity contribution in [3.63, 3.8) is 0 Å². The van der Waals surface area contributed by atoms with Crippen molar-refractivity contribution in [3.05, 3.63) is 71.8 Å². The lowest BCUT2D eigenvalue weighted by molar-refractivity contribution is 0.0922. The molecule has 0 aliphatic rings. The fourth-order valence-electron chi connectivity index (χ4n) is 5.62. The topological polar surface area (TPSA) is 35.5 Å². The van der Waals surface area contributed by atoms with E-state index >= 15 is 0 Å². The smallest absolute Gasteiger partial charge is 0.165 e. The molecule has 0 aromatic heterocycles. The molecule has 0 saturated carbocycles. The largest absolute Gasteiger partial charge is 0.494 e. The van der Waals surface area contributed by atoms with Crippen molar-refractivity contribution in [1.29, 1.82) is 0 Å². The van der Waals surface area contributed by atoms with E-state index in [0.29, 0.717) is 6.61 Å². The Kier molecular flexibility index (Phi) is 16.2. The van der Waals surface area contributed by atoms with E-state index in [-0.39, 0.29) is 11.7 Å². The second-order valence-electron chi connectivity index (χ2n) is 12.1. The van der Waals surface area contributed by atoms with Crippen LogP contribution in [0, 0.1) is 5.92 Å². The highest BCUT2D eigenvalue weighted by Gasteiger charge is 2.15. The zero-order chi connectivity index (χ0) is 29.8. The summed E-state index contributed by atoms with van der Waals surface area (Å²) in [7, 11) is 0. The second kappa shape index (κ2) is 20.2. The van der Waals surface area contributed by atoms with Crippen LogP contribution in [-0.2, 0) is 6.61 Å². The first-order valence-electron chi connectivity index (χ1n) is 17.0. The van der Waals surface area contributed by atoms with Gasteiger partial charge >= 0.3 is 0 Å². The number of unbranched alkanes of at least 4 members (excludes halogenated alkanes) is 13. The predicted octanol–water partition coefficient (Wildman–Crippen LogP) is 11.9. The third-order valence-corrected chi connectivity index (χ3v) is 8.40. The van der Waals surface area contributed by atoms with Crippen LogP contribution in [0.1, 0.15) is 139 Å². The fourth-order valence-corrected chi connectivity index (χ4v) is 5.62. The number of hydrogen-bond donors (Lipinski definition) is 0. The van der Waals surface area contributed by atoms with Crippen molar-refractivity contribution in [1.82, 2.24) is 0 Å². The van der Waals surface area contributed by atoms with Gasteiger partial charge in [0.1, 0.15) is 18.1 Å². The number of benzene rings is 3. The van der Waals surface area contributed by atoms with Crippen LogP contribution in [0.15, 0.2) is 60.7 Å². The van der Waals surface area contributed by atoms with Gasteiger partial charge in [0, 0.05) is 16.9 Å². The lowest BCUT2D eigenvalue weighted by atomic mass is 9.93. The summed E-state index contributed by atoms with van der Waals surface area (Å²) in [6.07, 6.45) is 20.5. The SMILES string of the molecule is CCCCCCCCCCCCCOc1ccc2c(OCc3ccc(C(=O)[C@H](C)CCCCCC)cc3)cccc2c1. The van der Waals surface area contributed by atoms with E-state index in [1.54, 1.807) is 0 Å². The van der Waals surface area contributed by atoms with Crippen LogP contribution in [0.5, 0.6) is 11.5 Å². The zero-order valence-corrected chi connectivity index (χ0v) is 26.8. The van der Waals surface area contributed by atoms with Gasteiger partial charge in [0.2, 0.25) is 0 Å². The average molecular weight is 573 g/mol. The third-order valence-electron chi connectivity index (χ3n) is 8.40. The summed E-state index contributed by atoms with van der Waals surface area (Å²) in [5.74, 6) is 2.11. The Morgan fingerprint density at radius 2 is 1.29 bits per heavy atom. The molecule has 3 aromatic carbocycles. The molecule has 0 spiro atoms. The van der Waals surface area contributed by atoms with Crippen LogP contribution in [0.3, 0.4) is 0 Å². The number of ketones is 1. The summed E-state index contributed by atoms with van der Waals surface area (Å²) >= 11 is 0. The summed E-state index contributed by atoms with van der Waals surface area (Å²) in [6.45, 7) is 7.79. The Hall–Kier alpha value is -2.81. The summed E-state index contributed by atoms with van der Waals surface area (Å²) in [6, 6.07) is 20.4. The number of rotatable bonds is 23. The average Bonchev–Trinajstić information content (AvgIpc) is 3.02. The minimum Gasteiger partial charge on any atom is -0.494 e. The molecule has 0 amide bonds. The molecule has 0 radical (unpaired) electrons. The molecule has 3 rings (SSSR count). The highest BCUT2D eigenvalue weighted by molar-refractivity contribution is 5.97. The summed E-state index contributed by atoms with van der Waals surface area (Å²) < 4.78 is 12.3. The van der Waals surface area contributed by atoms with Crippen LogP contribution in [0.2, 0.25) is 0 Å². The van der Waals surface area contributed by atoms with Gasteiger partial charge in [-0.05, 0) is 48.1 Å². The molecule has 3 aromatic rings. The number of Topliss-reactive ketones (excluding diaryl/α,β-unsaturated/α-hetero) is 1. The number of hydrogen-bond acceptors (Lipinski definition) is 3. The molecule has 0 bridgehead atoms. The highest BCUT2D eigenvalue weighted by atomic mass is 16.5. The highest BCUT2D eigenvalue weighted by Crippen LogP contribution is 2.30. The maximum absolute atomic E-state index is 12.8. The normalized spacial score (nSPS) is 12.0. The first-order valence-corrected chi connectivity index (χ1v) is 17.0. The quantitative estimate of drug-likeness (QED) is 0.0837. The third kappa shape index (κ3) is 12.2. The fraction of sp³-hybridized carbons (Fsp3) is 0.564. The van der Waals surface area contributed by atoms with Gasteiger partial charge in [-0.3, -0.25) is 4.79 Å². The summed E-state index contributed by atoms with van der Waals surface area (Å²) in [5, 5.41) is 2.21. The van der Waals surface area contributed by atoms with Crippen LogP contribution in [-0.4, -0.2) is 12.4 Å². The molecular weight excluding hydrogens is 516 g/mol. The van der Waals surface area contributed by atoms with Crippen molar-refractivity contribution >= 4 is 16.6 Å². The molecule has 1 atom stereocenters. The Labute approximate surface area is 256 Å². The number of carbonyl (C=O) groups excluding carboxylic acids is 1. The first-order chi connectivity index (χ1) is 20.6. The zero-order valence-electron chi connectivity index (χ0n) is 26.8. The van der Waals surface area contributed by atoms with Gasteiger partial charge in [0.25, 0.3) is 0 Å². The Bertz CT molecular complexity index is 1150. The molecule has 0 heterocycles. The molecule has 0 N–H and O–H groups in total. The second-order valence-corrected chi connectivity index (χ2v) is 12.1. The van der Waals surface area contributed by atoms with Crippen molar-refractivity contribution in [3.8, 4) is 11.5 Å². The maximum Gasteiger partial charge on any atom is 0.165 e. The van der Waals surface area contributed by atoms with E-state index in [1.807, 2.05) is 36.4 Å². The number of fused-ring (bicyclic) bond motifs is 1. The lowest BCUT2D eigenvalue weighted by Crippen LogP contribution is -2.11. The minimum atomic E-state index is 0.0771. The van der Waals surface area contributed by atoms with Gasteiger partial charge in [-0.2, -0.15) is 0 Å². The van der Waals surface area contributed by atoms with E-state index < -0.39 is 0 Å². The molecule has 230 valence electrons. The van der Waals surface area contributed by atoms with E-state index in [1.165, 1.54) is 83.5 Å². The van der Waals surface area contributed by atoms with Crippen LogP contribution < -0.4 is 9.47 Å². The van der Waals surface area contributed by atoms with Crippen LogP contribution in [0.25, 0.3) is 10.8 Å². The predicted molar refractivity (Wildman–Crippen MR) is 179 cm³/mol. The van der Waals surface area contributed by atoms with Gasteiger partial charge in [0.05, 0.1) is 6.61 Å². The molecule has 3 nitrogen and oxygen atoms in total. The molecule has 0 saturated heterocycles. The van der Waals surface area contributed by atoms with Gasteiger partial charge in [-0.1, -0.05) is 147 Å².